The van der Waals surface area contributed by atoms with Crippen molar-refractivity contribution in [3.63, 3.8) is 0 Å². The van der Waals surface area contributed by atoms with E-state index in [0.717, 1.165) is 18.5 Å². The lowest BCUT2D eigenvalue weighted by atomic mass is 10.1. The molecule has 3 N–H and O–H groups in total. The molecule has 2 aromatic rings. The second kappa shape index (κ2) is 6.95. The zero-order valence-corrected chi connectivity index (χ0v) is 12.0. The van der Waals surface area contributed by atoms with E-state index in [0.29, 0.717) is 12.1 Å². The molecule has 0 atom stereocenters. The van der Waals surface area contributed by atoms with Crippen molar-refractivity contribution in [3.8, 4) is 0 Å². The largest absolute Gasteiger partial charge is 0.384 e. The monoisotopic (exact) mass is 286 g/mol. The van der Waals surface area contributed by atoms with Gasteiger partial charge in [0.2, 0.25) is 0 Å². The second-order valence-corrected chi connectivity index (χ2v) is 5.06. The maximum absolute atomic E-state index is 13.2. The minimum absolute atomic E-state index is 0.105. The smallest absolute Gasteiger partial charge is 0.123 e. The molecule has 0 bridgehead atoms. The Morgan fingerprint density at radius 2 is 2.00 bits per heavy atom. The van der Waals surface area contributed by atoms with E-state index in [9.17, 15) is 4.39 Å². The molecule has 110 valence electrons. The molecule has 5 heteroatoms. The molecule has 21 heavy (non-hydrogen) atoms. The zero-order valence-electron chi connectivity index (χ0n) is 12.0. The van der Waals surface area contributed by atoms with Gasteiger partial charge in [-0.15, -0.1) is 0 Å². The van der Waals surface area contributed by atoms with Crippen LogP contribution in [0.15, 0.2) is 42.7 Å². The molecule has 0 spiro atoms. The highest BCUT2D eigenvalue weighted by Crippen LogP contribution is 2.13. The summed E-state index contributed by atoms with van der Waals surface area (Å²) in [6.07, 6.45) is 4.47. The van der Waals surface area contributed by atoms with Gasteiger partial charge >= 0.3 is 0 Å². The molecule has 1 heterocycles. The molecular weight excluding hydrogens is 267 g/mol. The van der Waals surface area contributed by atoms with E-state index >= 15 is 0 Å². The number of nitrogen functional groups attached to an aromatic ring is 1. The van der Waals surface area contributed by atoms with Crippen molar-refractivity contribution in [3.05, 3.63) is 65.2 Å². The molecule has 0 unspecified atom stereocenters. The normalized spacial score (nSPS) is 10.8. The summed E-state index contributed by atoms with van der Waals surface area (Å²) in [7, 11) is 1.99. The van der Waals surface area contributed by atoms with Gasteiger partial charge in [0.1, 0.15) is 11.7 Å². The molecule has 1 aromatic heterocycles. The average molecular weight is 286 g/mol. The highest BCUT2D eigenvalue weighted by atomic mass is 19.1. The molecule has 0 radical (unpaired) electrons. The van der Waals surface area contributed by atoms with Crippen molar-refractivity contribution in [2.75, 3.05) is 13.6 Å². The van der Waals surface area contributed by atoms with Gasteiger partial charge in [-0.1, -0.05) is 6.07 Å². The molecule has 0 aliphatic heterocycles. The highest BCUT2D eigenvalue weighted by Gasteiger charge is 2.09. The van der Waals surface area contributed by atoms with Gasteiger partial charge in [-0.2, -0.15) is 0 Å². The van der Waals surface area contributed by atoms with Crippen LogP contribution < -0.4 is 5.73 Å². The summed E-state index contributed by atoms with van der Waals surface area (Å²) in [5.74, 6) is -0.476. The van der Waals surface area contributed by atoms with Crippen molar-refractivity contribution in [1.82, 2.24) is 9.88 Å². The van der Waals surface area contributed by atoms with Gasteiger partial charge in [-0.25, -0.2) is 4.39 Å². The fourth-order valence-corrected chi connectivity index (χ4v) is 2.18. The van der Waals surface area contributed by atoms with Crippen LogP contribution in [0, 0.1) is 11.2 Å². The number of nitrogens with zero attached hydrogens (tertiary/aromatic N) is 2. The van der Waals surface area contributed by atoms with Gasteiger partial charge < -0.3 is 10.6 Å². The first kappa shape index (κ1) is 15.1. The number of aromatic nitrogens is 1. The average Bonchev–Trinajstić information content (AvgIpc) is 2.48. The fraction of sp³-hybridized carbons (Fsp3) is 0.250. The Morgan fingerprint density at radius 1 is 1.29 bits per heavy atom. The molecule has 0 saturated carbocycles. The number of hydrogen-bond donors (Lipinski definition) is 2. The summed E-state index contributed by atoms with van der Waals surface area (Å²) in [4.78, 5) is 6.12. The number of amidine groups is 1. The van der Waals surface area contributed by atoms with Crippen LogP contribution in [0.3, 0.4) is 0 Å². The van der Waals surface area contributed by atoms with Crippen molar-refractivity contribution < 1.29 is 4.39 Å². The Kier molecular flexibility index (Phi) is 5.00. The van der Waals surface area contributed by atoms with Gasteiger partial charge in [-0.05, 0) is 48.9 Å². The topological polar surface area (TPSA) is 66.0 Å². The molecule has 0 saturated heterocycles. The third-order valence-corrected chi connectivity index (χ3v) is 3.33. The third kappa shape index (κ3) is 4.36. The van der Waals surface area contributed by atoms with E-state index in [1.54, 1.807) is 18.5 Å². The molecule has 2 rings (SSSR count). The van der Waals surface area contributed by atoms with E-state index in [2.05, 4.69) is 9.88 Å². The predicted octanol–water partition coefficient (Wildman–Crippen LogP) is 2.18. The number of rotatable bonds is 6. The Labute approximate surface area is 123 Å². The molecular formula is C16H19FN4. The minimum atomic E-state index is -0.372. The van der Waals surface area contributed by atoms with Crippen LogP contribution in [0.25, 0.3) is 0 Å². The van der Waals surface area contributed by atoms with Crippen LogP contribution in [-0.2, 0) is 13.0 Å². The summed E-state index contributed by atoms with van der Waals surface area (Å²) in [6, 6.07) is 8.39. The molecule has 0 aliphatic rings. The molecule has 0 fully saturated rings. The standard InChI is InChI=1S/C16H19FN4/c1-21(9-6-12-4-7-20-8-5-12)11-13-2-3-14(17)10-15(13)16(18)19/h2-5,7-8,10H,6,9,11H2,1H3,(H3,18,19). The minimum Gasteiger partial charge on any atom is -0.384 e. The Hall–Kier alpha value is -2.27. The number of hydrogen-bond acceptors (Lipinski definition) is 3. The van der Waals surface area contributed by atoms with Crippen LogP contribution >= 0.6 is 0 Å². The SMILES string of the molecule is CN(CCc1ccncc1)Cc1ccc(F)cc1C(=N)N. The summed E-state index contributed by atoms with van der Waals surface area (Å²) < 4.78 is 13.2. The predicted molar refractivity (Wildman–Crippen MR) is 81.7 cm³/mol. The maximum atomic E-state index is 13.2. The Bertz CT molecular complexity index is 613. The molecule has 1 aromatic carbocycles. The number of benzene rings is 1. The van der Waals surface area contributed by atoms with Gasteiger partial charge in [0.25, 0.3) is 0 Å². The first-order valence-corrected chi connectivity index (χ1v) is 6.76. The van der Waals surface area contributed by atoms with Crippen LogP contribution in [-0.4, -0.2) is 29.3 Å². The van der Waals surface area contributed by atoms with Gasteiger partial charge in [0.05, 0.1) is 0 Å². The number of pyridine rings is 1. The van der Waals surface area contributed by atoms with Crippen molar-refractivity contribution in [2.24, 2.45) is 5.73 Å². The Morgan fingerprint density at radius 3 is 2.67 bits per heavy atom. The Balaban J connectivity index is 1.99. The van der Waals surface area contributed by atoms with Gasteiger partial charge in [-0.3, -0.25) is 10.4 Å². The molecule has 0 amide bonds. The van der Waals surface area contributed by atoms with Crippen molar-refractivity contribution in [1.29, 1.82) is 5.41 Å². The molecule has 4 nitrogen and oxygen atoms in total. The van der Waals surface area contributed by atoms with Gasteiger partial charge in [0, 0.05) is 31.0 Å². The maximum Gasteiger partial charge on any atom is 0.123 e. The van der Waals surface area contributed by atoms with E-state index in [4.69, 9.17) is 11.1 Å². The van der Waals surface area contributed by atoms with E-state index in [1.807, 2.05) is 19.2 Å². The van der Waals surface area contributed by atoms with Crippen molar-refractivity contribution >= 4 is 5.84 Å². The van der Waals surface area contributed by atoms with Gasteiger partial charge in [0.15, 0.2) is 0 Å². The quantitative estimate of drug-likeness (QED) is 0.632. The van der Waals surface area contributed by atoms with E-state index in [-0.39, 0.29) is 11.7 Å². The number of nitrogens with two attached hydrogens (primary N) is 1. The van der Waals surface area contributed by atoms with Crippen LogP contribution in [0.5, 0.6) is 0 Å². The van der Waals surface area contributed by atoms with Crippen LogP contribution in [0.1, 0.15) is 16.7 Å². The lowest BCUT2D eigenvalue weighted by molar-refractivity contribution is 0.331. The molecule has 0 aliphatic carbocycles. The van der Waals surface area contributed by atoms with E-state index in [1.165, 1.54) is 17.7 Å². The summed E-state index contributed by atoms with van der Waals surface area (Å²) in [5.41, 5.74) is 8.07. The van der Waals surface area contributed by atoms with E-state index < -0.39 is 0 Å². The summed E-state index contributed by atoms with van der Waals surface area (Å²) in [6.45, 7) is 1.49. The first-order chi connectivity index (χ1) is 10.1. The van der Waals surface area contributed by atoms with Crippen LogP contribution in [0.4, 0.5) is 4.39 Å². The highest BCUT2D eigenvalue weighted by molar-refractivity contribution is 5.96. The first-order valence-electron chi connectivity index (χ1n) is 6.76. The second-order valence-electron chi connectivity index (χ2n) is 5.06. The lowest BCUT2D eigenvalue weighted by Gasteiger charge is -2.18. The summed E-state index contributed by atoms with van der Waals surface area (Å²) >= 11 is 0. The fourth-order valence-electron chi connectivity index (χ4n) is 2.18. The lowest BCUT2D eigenvalue weighted by Crippen LogP contribution is -2.23. The number of likely N-dealkylation sites (N-methyl/N-ethyl adjacent to an activating group) is 1. The number of halogens is 1. The van der Waals surface area contributed by atoms with Crippen LogP contribution in [0.2, 0.25) is 0 Å². The summed E-state index contributed by atoms with van der Waals surface area (Å²) in [5, 5.41) is 7.54. The zero-order chi connectivity index (χ0) is 15.2. The number of nitrogens with one attached hydrogen (secondary N) is 1. The van der Waals surface area contributed by atoms with Crippen molar-refractivity contribution in [2.45, 2.75) is 13.0 Å². The third-order valence-electron chi connectivity index (χ3n) is 3.33.